The van der Waals surface area contributed by atoms with Crippen LogP contribution in [0.15, 0.2) is 187 Å². The van der Waals surface area contributed by atoms with Gasteiger partial charge in [0.1, 0.15) is 11.6 Å². The molecule has 1 aliphatic rings. The Morgan fingerprint density at radius 3 is 1.60 bits per heavy atom. The number of hydrogen-bond acceptors (Lipinski definition) is 7. The van der Waals surface area contributed by atoms with E-state index in [1.54, 1.807) is 17.9 Å². The van der Waals surface area contributed by atoms with Gasteiger partial charge in [-0.1, -0.05) is 185 Å². The van der Waals surface area contributed by atoms with Crippen molar-refractivity contribution < 1.29 is 13.9 Å². The SMILES string of the molecule is COc1ccc(-c2cn([C@H]3CN(C(c4ccccc4)(c4ccccc4)c4ccccc4)C[C@@H](CO[Si](c4ccccc4)(c4ccccc4)C(C)(C)C)O3)c(=O)nc2N)cc1. The predicted molar refractivity (Wildman–Crippen MR) is 243 cm³/mol. The Morgan fingerprint density at radius 2 is 1.15 bits per heavy atom. The number of aromatic nitrogens is 2. The first-order valence-corrected chi connectivity index (χ1v) is 22.4. The van der Waals surface area contributed by atoms with Crippen molar-refractivity contribution in [3.05, 3.63) is 209 Å². The second kappa shape index (κ2) is 17.2. The lowest BCUT2D eigenvalue weighted by atomic mass is 9.75. The predicted octanol–water partition coefficient (Wildman–Crippen LogP) is 8.27. The van der Waals surface area contributed by atoms with Crippen LogP contribution in [0, 0.1) is 0 Å². The highest BCUT2D eigenvalue weighted by molar-refractivity contribution is 6.99. The van der Waals surface area contributed by atoms with Crippen molar-refractivity contribution in [2.45, 2.75) is 43.7 Å². The van der Waals surface area contributed by atoms with Crippen LogP contribution in [0.1, 0.15) is 43.7 Å². The monoisotopic (exact) mass is 812 g/mol. The van der Waals surface area contributed by atoms with Crippen LogP contribution in [0.25, 0.3) is 11.1 Å². The Balaban J connectivity index is 1.31. The summed E-state index contributed by atoms with van der Waals surface area (Å²) in [5.41, 5.74) is 9.93. The molecule has 9 heteroatoms. The first-order chi connectivity index (χ1) is 29.1. The lowest BCUT2D eigenvalue weighted by Gasteiger charge is -2.51. The quantitative estimate of drug-likeness (QED) is 0.0982. The van der Waals surface area contributed by atoms with E-state index in [9.17, 15) is 4.79 Å². The van der Waals surface area contributed by atoms with Gasteiger partial charge in [0.05, 0.1) is 25.4 Å². The molecule has 1 fully saturated rings. The maximum Gasteiger partial charge on any atom is 0.351 e. The molecule has 1 aliphatic heterocycles. The summed E-state index contributed by atoms with van der Waals surface area (Å²) in [4.78, 5) is 21.0. The molecular formula is C51H52N4O4Si. The fourth-order valence-electron chi connectivity index (χ4n) is 9.08. The minimum absolute atomic E-state index is 0.146. The Hall–Kier alpha value is -6.10. The Bertz CT molecular complexity index is 2400. The van der Waals surface area contributed by atoms with Crippen molar-refractivity contribution in [3.63, 3.8) is 0 Å². The zero-order chi connectivity index (χ0) is 41.7. The third-order valence-corrected chi connectivity index (χ3v) is 16.8. The summed E-state index contributed by atoms with van der Waals surface area (Å²) in [5.74, 6) is 0.862. The summed E-state index contributed by atoms with van der Waals surface area (Å²) in [7, 11) is -1.35. The maximum absolute atomic E-state index is 14.1. The molecule has 8 nitrogen and oxygen atoms in total. The zero-order valence-electron chi connectivity index (χ0n) is 34.6. The van der Waals surface area contributed by atoms with Crippen molar-refractivity contribution in [2.75, 3.05) is 32.5 Å². The topological polar surface area (TPSA) is 91.8 Å². The van der Waals surface area contributed by atoms with Gasteiger partial charge in [0.15, 0.2) is 6.23 Å². The van der Waals surface area contributed by atoms with E-state index in [-0.39, 0.29) is 17.5 Å². The molecule has 2 heterocycles. The largest absolute Gasteiger partial charge is 0.497 e. The summed E-state index contributed by atoms with van der Waals surface area (Å²) in [6.07, 6.45) is 0.546. The van der Waals surface area contributed by atoms with E-state index < -0.39 is 31.9 Å². The number of rotatable bonds is 12. The summed E-state index contributed by atoms with van der Waals surface area (Å²) >= 11 is 0. The lowest BCUT2D eigenvalue weighted by molar-refractivity contribution is -0.149. The molecule has 6 aromatic carbocycles. The molecule has 0 saturated carbocycles. The fourth-order valence-corrected chi connectivity index (χ4v) is 13.7. The van der Waals surface area contributed by atoms with Gasteiger partial charge >= 0.3 is 5.69 Å². The fraction of sp³-hybridized carbons (Fsp3) is 0.216. The third-order valence-electron chi connectivity index (χ3n) is 11.8. The first kappa shape index (κ1) is 40.7. The average molecular weight is 813 g/mol. The maximum atomic E-state index is 14.1. The van der Waals surface area contributed by atoms with Gasteiger partial charge in [-0.3, -0.25) is 9.47 Å². The molecule has 1 aromatic heterocycles. The van der Waals surface area contributed by atoms with E-state index in [1.807, 2.05) is 42.5 Å². The number of nitrogens with two attached hydrogens (primary N) is 1. The van der Waals surface area contributed by atoms with Crippen molar-refractivity contribution >= 4 is 24.5 Å². The highest BCUT2D eigenvalue weighted by atomic mass is 28.4. The van der Waals surface area contributed by atoms with Crippen molar-refractivity contribution in [2.24, 2.45) is 0 Å². The number of anilines is 1. The first-order valence-electron chi connectivity index (χ1n) is 20.5. The molecule has 1 saturated heterocycles. The van der Waals surface area contributed by atoms with Gasteiger partial charge in [-0.2, -0.15) is 4.98 Å². The minimum atomic E-state index is -2.98. The number of hydrogen-bond donors (Lipinski definition) is 1. The van der Waals surface area contributed by atoms with Crippen LogP contribution in [0.2, 0.25) is 5.04 Å². The van der Waals surface area contributed by atoms with Crippen LogP contribution >= 0.6 is 0 Å². The van der Waals surface area contributed by atoms with Gasteiger partial charge in [-0.25, -0.2) is 4.79 Å². The molecule has 0 amide bonds. The number of ether oxygens (including phenoxy) is 2. The summed E-state index contributed by atoms with van der Waals surface area (Å²) < 4.78 is 21.8. The summed E-state index contributed by atoms with van der Waals surface area (Å²) in [6, 6.07) is 60.7. The van der Waals surface area contributed by atoms with Gasteiger partial charge in [-0.15, -0.1) is 0 Å². The van der Waals surface area contributed by atoms with E-state index in [4.69, 9.17) is 19.6 Å². The molecule has 0 spiro atoms. The molecule has 2 atom stereocenters. The van der Waals surface area contributed by atoms with Gasteiger partial charge in [0.25, 0.3) is 8.32 Å². The van der Waals surface area contributed by atoms with E-state index in [0.717, 1.165) is 22.3 Å². The normalized spacial score (nSPS) is 16.3. The van der Waals surface area contributed by atoms with Crippen molar-refractivity contribution in [1.82, 2.24) is 14.5 Å². The molecule has 8 rings (SSSR count). The van der Waals surface area contributed by atoms with E-state index in [2.05, 4.69) is 164 Å². The lowest BCUT2D eigenvalue weighted by Crippen LogP contribution is -2.67. The van der Waals surface area contributed by atoms with Crippen LogP contribution in [0.5, 0.6) is 5.75 Å². The second-order valence-corrected chi connectivity index (χ2v) is 20.7. The van der Waals surface area contributed by atoms with E-state index in [0.29, 0.717) is 24.4 Å². The molecule has 0 bridgehead atoms. The number of benzene rings is 6. The Kier molecular flexibility index (Phi) is 11.7. The van der Waals surface area contributed by atoms with E-state index in [1.165, 1.54) is 10.4 Å². The van der Waals surface area contributed by atoms with Crippen molar-refractivity contribution in [3.8, 4) is 16.9 Å². The Labute approximate surface area is 354 Å². The molecule has 0 unspecified atom stereocenters. The van der Waals surface area contributed by atoms with Crippen LogP contribution in [-0.4, -0.2) is 55.7 Å². The highest BCUT2D eigenvalue weighted by Crippen LogP contribution is 2.45. The molecule has 7 aromatic rings. The van der Waals surface area contributed by atoms with Gasteiger partial charge < -0.3 is 19.6 Å². The summed E-state index contributed by atoms with van der Waals surface area (Å²) in [6.45, 7) is 7.96. The molecule has 0 radical (unpaired) electrons. The molecule has 60 heavy (non-hydrogen) atoms. The Morgan fingerprint density at radius 1 is 0.683 bits per heavy atom. The van der Waals surface area contributed by atoms with Gasteiger partial charge in [-0.05, 0) is 49.8 Å². The van der Waals surface area contributed by atoms with Crippen LogP contribution in [0.3, 0.4) is 0 Å². The van der Waals surface area contributed by atoms with Gasteiger partial charge in [0, 0.05) is 24.8 Å². The molecule has 2 N–H and O–H groups in total. The van der Waals surface area contributed by atoms with E-state index >= 15 is 0 Å². The van der Waals surface area contributed by atoms with Crippen LogP contribution in [0.4, 0.5) is 5.82 Å². The summed E-state index contributed by atoms with van der Waals surface area (Å²) in [5, 5.41) is 2.11. The second-order valence-electron chi connectivity index (χ2n) is 16.4. The average Bonchev–Trinajstić information content (AvgIpc) is 3.28. The minimum Gasteiger partial charge on any atom is -0.497 e. The number of nitrogens with zero attached hydrogens (tertiary/aromatic N) is 3. The van der Waals surface area contributed by atoms with Crippen LogP contribution < -0.4 is 26.5 Å². The molecule has 0 aliphatic carbocycles. The molecule has 304 valence electrons. The number of morpholine rings is 1. The molecular weight excluding hydrogens is 761 g/mol. The number of nitrogen functional groups attached to an aromatic ring is 1. The third kappa shape index (κ3) is 7.61. The number of methoxy groups -OCH3 is 1. The smallest absolute Gasteiger partial charge is 0.351 e. The van der Waals surface area contributed by atoms with Crippen LogP contribution in [-0.2, 0) is 14.7 Å². The highest BCUT2D eigenvalue weighted by Gasteiger charge is 2.52. The van der Waals surface area contributed by atoms with Crippen molar-refractivity contribution in [1.29, 1.82) is 0 Å². The zero-order valence-corrected chi connectivity index (χ0v) is 35.6. The standard InChI is InChI=1S/C51H52N4O4Si/c1-50(2,3)60(44-26-16-8-17-27-44,45-28-18-9-19-29-45)58-37-43-34-54(36-47(59-43)55-35-46(48(52)53-49(55)56)38-30-32-42(57-4)33-31-38)51(39-20-10-5-11-21-39,40-22-12-6-13-23-40)41-24-14-7-15-25-41/h5-33,35,43,47H,34,36-37H2,1-4H3,(H2,52,53,56)/t43-,47+/m0/s1. The van der Waals surface area contributed by atoms with Gasteiger partial charge in [0.2, 0.25) is 0 Å².